The molecule has 2 atom stereocenters. The maximum Gasteiger partial charge on any atom is 0.342 e. The molecule has 6 nitrogen and oxygen atoms in total. The summed E-state index contributed by atoms with van der Waals surface area (Å²) in [6, 6.07) is 14.0. The number of carbonyl (C=O) groups excluding carboxylic acids is 2. The molecule has 0 bridgehead atoms. The second kappa shape index (κ2) is 7.90. The molecule has 1 aliphatic heterocycles. The summed E-state index contributed by atoms with van der Waals surface area (Å²) in [7, 11) is 0. The van der Waals surface area contributed by atoms with Gasteiger partial charge in [0.15, 0.2) is 5.78 Å². The maximum atomic E-state index is 13.1. The molecule has 2 unspecified atom stereocenters. The summed E-state index contributed by atoms with van der Waals surface area (Å²) in [5.41, 5.74) is 1.13. The van der Waals surface area contributed by atoms with Crippen molar-refractivity contribution in [3.63, 3.8) is 0 Å². The molecule has 1 aliphatic rings. The smallest absolute Gasteiger partial charge is 0.342 e. The Morgan fingerprint density at radius 1 is 1.19 bits per heavy atom. The van der Waals surface area contributed by atoms with Crippen LogP contribution >= 0.6 is 0 Å². The van der Waals surface area contributed by atoms with Crippen molar-refractivity contribution in [1.29, 1.82) is 0 Å². The number of aliphatic hydroxyl groups excluding tert-OH is 1. The first kappa shape index (κ1) is 19.1. The molecule has 0 fully saturated rings. The Morgan fingerprint density at radius 3 is 2.59 bits per heavy atom. The van der Waals surface area contributed by atoms with E-state index < -0.39 is 17.7 Å². The number of ether oxygens (including phenoxy) is 3. The van der Waals surface area contributed by atoms with Gasteiger partial charge in [-0.05, 0) is 26.0 Å². The molecule has 27 heavy (non-hydrogen) atoms. The Kier molecular flexibility index (Phi) is 5.58. The van der Waals surface area contributed by atoms with Crippen LogP contribution in [0.2, 0.25) is 0 Å². The summed E-state index contributed by atoms with van der Waals surface area (Å²) in [5.74, 6) is -2.66. The number of benzene rings is 2. The zero-order valence-corrected chi connectivity index (χ0v) is 15.3. The molecule has 2 aromatic carbocycles. The molecule has 1 N–H and O–H groups in total. The predicted molar refractivity (Wildman–Crippen MR) is 97.7 cm³/mol. The van der Waals surface area contributed by atoms with E-state index in [4.69, 9.17) is 19.3 Å². The lowest BCUT2D eigenvalue weighted by molar-refractivity contribution is -0.214. The Hall–Kier alpha value is -2.70. The van der Waals surface area contributed by atoms with E-state index in [0.29, 0.717) is 17.7 Å². The number of rotatable bonds is 6. The summed E-state index contributed by atoms with van der Waals surface area (Å²) >= 11 is 0. The number of esters is 1. The van der Waals surface area contributed by atoms with E-state index in [1.807, 2.05) is 37.3 Å². The SMILES string of the molecule is CCOC1(c2ccccc2)Oc2c(C(=O)OCCO)cccc2C(=O)C1C. The molecule has 0 aromatic heterocycles. The van der Waals surface area contributed by atoms with Gasteiger partial charge in [-0.15, -0.1) is 0 Å². The van der Waals surface area contributed by atoms with Gasteiger partial charge in [-0.1, -0.05) is 36.4 Å². The molecule has 0 amide bonds. The molecule has 2 aromatic rings. The number of ketones is 1. The molecular formula is C21H22O6. The Balaban J connectivity index is 2.13. The summed E-state index contributed by atoms with van der Waals surface area (Å²) in [6.07, 6.45) is 0. The molecule has 6 heteroatoms. The molecule has 0 radical (unpaired) electrons. The van der Waals surface area contributed by atoms with Crippen molar-refractivity contribution in [3.8, 4) is 5.75 Å². The van der Waals surface area contributed by atoms with Gasteiger partial charge in [0.05, 0.1) is 18.1 Å². The molecule has 3 rings (SSSR count). The van der Waals surface area contributed by atoms with Crippen LogP contribution in [0.5, 0.6) is 5.75 Å². The fraction of sp³-hybridized carbons (Fsp3) is 0.333. The second-order valence-electron chi connectivity index (χ2n) is 6.20. The van der Waals surface area contributed by atoms with E-state index in [1.165, 1.54) is 6.07 Å². The molecule has 1 heterocycles. The van der Waals surface area contributed by atoms with Crippen molar-refractivity contribution < 1.29 is 28.9 Å². The van der Waals surface area contributed by atoms with Crippen LogP contribution in [0.4, 0.5) is 0 Å². The van der Waals surface area contributed by atoms with E-state index in [-0.39, 0.29) is 30.3 Å². The minimum absolute atomic E-state index is 0.126. The van der Waals surface area contributed by atoms with E-state index in [1.54, 1.807) is 19.1 Å². The summed E-state index contributed by atoms with van der Waals surface area (Å²) < 4.78 is 17.2. The maximum absolute atomic E-state index is 13.1. The second-order valence-corrected chi connectivity index (χ2v) is 6.20. The quantitative estimate of drug-likeness (QED) is 0.788. The van der Waals surface area contributed by atoms with Crippen LogP contribution < -0.4 is 4.74 Å². The zero-order chi connectivity index (χ0) is 19.4. The molecule has 0 spiro atoms. The first-order chi connectivity index (χ1) is 13.0. The van der Waals surface area contributed by atoms with E-state index >= 15 is 0 Å². The van der Waals surface area contributed by atoms with Crippen LogP contribution in [0, 0.1) is 5.92 Å². The average Bonchev–Trinajstić information content (AvgIpc) is 2.70. The first-order valence-electron chi connectivity index (χ1n) is 8.88. The van der Waals surface area contributed by atoms with Crippen LogP contribution in [0.1, 0.15) is 40.1 Å². The van der Waals surface area contributed by atoms with Gasteiger partial charge < -0.3 is 19.3 Å². The fourth-order valence-electron chi connectivity index (χ4n) is 3.30. The lowest BCUT2D eigenvalue weighted by Crippen LogP contribution is -2.49. The minimum Gasteiger partial charge on any atom is -0.460 e. The van der Waals surface area contributed by atoms with Crippen molar-refractivity contribution in [2.45, 2.75) is 19.6 Å². The van der Waals surface area contributed by atoms with Crippen LogP contribution in [-0.4, -0.2) is 36.7 Å². The van der Waals surface area contributed by atoms with Crippen molar-refractivity contribution >= 4 is 11.8 Å². The topological polar surface area (TPSA) is 82.1 Å². The van der Waals surface area contributed by atoms with E-state index in [9.17, 15) is 9.59 Å². The molecule has 0 aliphatic carbocycles. The van der Waals surface area contributed by atoms with Crippen molar-refractivity contribution in [2.24, 2.45) is 5.92 Å². The van der Waals surface area contributed by atoms with Crippen LogP contribution in [0.3, 0.4) is 0 Å². The summed E-state index contributed by atoms with van der Waals surface area (Å²) in [4.78, 5) is 25.5. The Morgan fingerprint density at radius 2 is 1.93 bits per heavy atom. The van der Waals surface area contributed by atoms with Gasteiger partial charge in [-0.2, -0.15) is 0 Å². The number of carbonyl (C=O) groups is 2. The lowest BCUT2D eigenvalue weighted by Gasteiger charge is -2.42. The van der Waals surface area contributed by atoms with Gasteiger partial charge in [0.1, 0.15) is 17.9 Å². The van der Waals surface area contributed by atoms with E-state index in [2.05, 4.69) is 0 Å². The largest absolute Gasteiger partial charge is 0.460 e. The lowest BCUT2D eigenvalue weighted by atomic mass is 9.83. The highest BCUT2D eigenvalue weighted by Crippen LogP contribution is 2.45. The highest BCUT2D eigenvalue weighted by atomic mass is 16.7. The third-order valence-corrected chi connectivity index (χ3v) is 4.58. The average molecular weight is 370 g/mol. The predicted octanol–water partition coefficient (Wildman–Crippen LogP) is 2.94. The third kappa shape index (κ3) is 3.34. The van der Waals surface area contributed by atoms with Gasteiger partial charge >= 0.3 is 5.97 Å². The molecular weight excluding hydrogens is 348 g/mol. The standard InChI is InChI=1S/C21H22O6/c1-3-26-21(15-8-5-4-6-9-15)14(2)18(23)16-10-7-11-17(19(16)27-21)20(24)25-13-12-22/h4-11,14,22H,3,12-13H2,1-2H3. The summed E-state index contributed by atoms with van der Waals surface area (Å²) in [5, 5.41) is 8.90. The molecule has 142 valence electrons. The van der Waals surface area contributed by atoms with Gasteiger partial charge in [0, 0.05) is 12.2 Å². The fourth-order valence-corrected chi connectivity index (χ4v) is 3.30. The van der Waals surface area contributed by atoms with Crippen LogP contribution in [-0.2, 0) is 15.3 Å². The number of hydrogen-bond donors (Lipinski definition) is 1. The number of aliphatic hydroxyl groups is 1. The highest BCUT2D eigenvalue weighted by Gasteiger charge is 2.50. The molecule has 0 saturated carbocycles. The van der Waals surface area contributed by atoms with Crippen molar-refractivity contribution in [1.82, 2.24) is 0 Å². The number of Topliss-reactive ketones (excluding diaryl/α,β-unsaturated/α-hetero) is 1. The minimum atomic E-state index is -1.34. The van der Waals surface area contributed by atoms with Gasteiger partial charge in [0.2, 0.25) is 5.79 Å². The van der Waals surface area contributed by atoms with Crippen LogP contribution in [0.25, 0.3) is 0 Å². The third-order valence-electron chi connectivity index (χ3n) is 4.58. The monoisotopic (exact) mass is 370 g/mol. The molecule has 0 saturated heterocycles. The number of hydrogen-bond acceptors (Lipinski definition) is 6. The van der Waals surface area contributed by atoms with Crippen molar-refractivity contribution in [2.75, 3.05) is 19.8 Å². The zero-order valence-electron chi connectivity index (χ0n) is 15.3. The van der Waals surface area contributed by atoms with E-state index in [0.717, 1.165) is 0 Å². The Bertz CT molecular complexity index is 832. The summed E-state index contributed by atoms with van der Waals surface area (Å²) in [6.45, 7) is 3.47. The number of fused-ring (bicyclic) bond motifs is 1. The van der Waals surface area contributed by atoms with Crippen LogP contribution in [0.15, 0.2) is 48.5 Å². The van der Waals surface area contributed by atoms with Gasteiger partial charge in [0.25, 0.3) is 0 Å². The van der Waals surface area contributed by atoms with Gasteiger partial charge in [-0.3, -0.25) is 4.79 Å². The highest BCUT2D eigenvalue weighted by molar-refractivity contribution is 6.05. The van der Waals surface area contributed by atoms with Crippen molar-refractivity contribution in [3.05, 3.63) is 65.2 Å². The Labute approximate surface area is 157 Å². The van der Waals surface area contributed by atoms with Gasteiger partial charge in [-0.25, -0.2) is 4.79 Å². The number of para-hydroxylation sites is 1. The normalized spacial score (nSPS) is 21.3. The first-order valence-corrected chi connectivity index (χ1v) is 8.88.